The number of methoxy groups -OCH3 is 2. The summed E-state index contributed by atoms with van der Waals surface area (Å²) < 4.78 is 16.4. The number of rotatable bonds is 7. The van der Waals surface area contributed by atoms with E-state index in [0.717, 1.165) is 11.1 Å². The second-order valence-corrected chi connectivity index (χ2v) is 8.22. The Morgan fingerprint density at radius 3 is 2.08 bits per heavy atom. The molecule has 1 heterocycles. The number of hydrogen-bond acceptors (Lipinski definition) is 5. The molecule has 0 aliphatic rings. The summed E-state index contributed by atoms with van der Waals surface area (Å²) in [4.78, 5) is 26.4. The third-order valence-electron chi connectivity index (χ3n) is 5.94. The van der Waals surface area contributed by atoms with Crippen LogP contribution in [0.4, 0.5) is 11.4 Å². The number of anilines is 2. The molecule has 0 aliphatic heterocycles. The summed E-state index contributed by atoms with van der Waals surface area (Å²) in [5.41, 5.74) is 3.78. The molecule has 0 unspecified atom stereocenters. The molecule has 2 amide bonds. The van der Waals surface area contributed by atoms with Gasteiger partial charge in [-0.25, -0.2) is 0 Å². The van der Waals surface area contributed by atoms with E-state index in [4.69, 9.17) is 13.9 Å². The lowest BCUT2D eigenvalue weighted by atomic mass is 10.0. The Balaban J connectivity index is 1.42. The highest BCUT2D eigenvalue weighted by Gasteiger charge is 2.23. The summed E-state index contributed by atoms with van der Waals surface area (Å²) in [6.07, 6.45) is 0. The summed E-state index contributed by atoms with van der Waals surface area (Å²) in [6.45, 7) is 0. The van der Waals surface area contributed by atoms with Crippen LogP contribution in [0.25, 0.3) is 22.1 Å². The van der Waals surface area contributed by atoms with Gasteiger partial charge >= 0.3 is 0 Å². The lowest BCUT2D eigenvalue weighted by Gasteiger charge is -2.11. The van der Waals surface area contributed by atoms with Gasteiger partial charge < -0.3 is 24.5 Å². The zero-order valence-corrected chi connectivity index (χ0v) is 20.3. The minimum atomic E-state index is -0.516. The van der Waals surface area contributed by atoms with Gasteiger partial charge in [0.15, 0.2) is 11.5 Å². The number of nitrogens with one attached hydrogen (secondary N) is 2. The molecule has 0 saturated heterocycles. The molecule has 0 fully saturated rings. The molecule has 0 aliphatic carbocycles. The minimum absolute atomic E-state index is 0.00904. The van der Waals surface area contributed by atoms with Crippen LogP contribution in [-0.4, -0.2) is 26.0 Å². The first-order valence-electron chi connectivity index (χ1n) is 11.6. The lowest BCUT2D eigenvalue weighted by molar-refractivity contribution is 0.0999. The van der Waals surface area contributed by atoms with E-state index in [9.17, 15) is 9.59 Å². The molecule has 37 heavy (non-hydrogen) atoms. The molecule has 1 aromatic heterocycles. The fourth-order valence-electron chi connectivity index (χ4n) is 4.06. The standard InChI is InChI=1S/C30H24N2O5/c1-35-25-17-16-22(18-26(25)36-2)31-30(34)28-27(23-10-6-7-11-24(23)37-28)32-29(33)21-14-12-20(13-15-21)19-8-4-3-5-9-19/h3-18H,1-2H3,(H,31,34)(H,32,33). The van der Waals surface area contributed by atoms with Gasteiger partial charge in [0.25, 0.3) is 11.8 Å². The molecule has 0 bridgehead atoms. The zero-order valence-electron chi connectivity index (χ0n) is 20.3. The maximum atomic E-state index is 13.2. The number of fused-ring (bicyclic) bond motifs is 1. The zero-order chi connectivity index (χ0) is 25.8. The van der Waals surface area contributed by atoms with Gasteiger partial charge in [-0.3, -0.25) is 9.59 Å². The van der Waals surface area contributed by atoms with Crippen LogP contribution in [0.3, 0.4) is 0 Å². The molecule has 5 aromatic rings. The summed E-state index contributed by atoms with van der Waals surface area (Å²) >= 11 is 0. The Morgan fingerprint density at radius 2 is 1.35 bits per heavy atom. The van der Waals surface area contributed by atoms with Gasteiger partial charge in [-0.15, -0.1) is 0 Å². The highest BCUT2D eigenvalue weighted by atomic mass is 16.5. The third-order valence-corrected chi connectivity index (χ3v) is 5.94. The topological polar surface area (TPSA) is 89.8 Å². The number of ether oxygens (including phenoxy) is 2. The van der Waals surface area contributed by atoms with Crippen LogP contribution in [0.15, 0.2) is 101 Å². The van der Waals surface area contributed by atoms with Crippen molar-refractivity contribution in [3.05, 3.63) is 108 Å². The SMILES string of the molecule is COc1ccc(NC(=O)c2oc3ccccc3c2NC(=O)c2ccc(-c3ccccc3)cc2)cc1OC. The van der Waals surface area contributed by atoms with Crippen molar-refractivity contribution in [2.24, 2.45) is 0 Å². The van der Waals surface area contributed by atoms with Crippen LogP contribution in [0.1, 0.15) is 20.9 Å². The van der Waals surface area contributed by atoms with Crippen molar-refractivity contribution >= 4 is 34.2 Å². The highest BCUT2D eigenvalue weighted by Crippen LogP contribution is 2.34. The Kier molecular flexibility index (Phi) is 6.59. The quantitative estimate of drug-likeness (QED) is 0.266. The van der Waals surface area contributed by atoms with Crippen molar-refractivity contribution in [2.75, 3.05) is 24.9 Å². The van der Waals surface area contributed by atoms with Crippen molar-refractivity contribution in [1.82, 2.24) is 0 Å². The Hall–Kier alpha value is -5.04. The second kappa shape index (κ2) is 10.3. The van der Waals surface area contributed by atoms with Crippen LogP contribution in [0.5, 0.6) is 11.5 Å². The molecule has 7 heteroatoms. The first-order chi connectivity index (χ1) is 18.1. The molecule has 0 radical (unpaired) electrons. The average molecular weight is 493 g/mol. The normalized spacial score (nSPS) is 10.6. The minimum Gasteiger partial charge on any atom is -0.493 e. The highest BCUT2D eigenvalue weighted by molar-refractivity contribution is 6.17. The number of carbonyl (C=O) groups excluding carboxylic acids is 2. The second-order valence-electron chi connectivity index (χ2n) is 8.22. The van der Waals surface area contributed by atoms with Gasteiger partial charge in [0, 0.05) is 22.7 Å². The summed E-state index contributed by atoms with van der Waals surface area (Å²) in [5.74, 6) is 0.127. The molecule has 4 aromatic carbocycles. The fraction of sp³-hybridized carbons (Fsp3) is 0.0667. The number of furan rings is 1. The first kappa shape index (κ1) is 23.7. The Morgan fingerprint density at radius 1 is 0.676 bits per heavy atom. The van der Waals surface area contributed by atoms with E-state index < -0.39 is 5.91 Å². The van der Waals surface area contributed by atoms with Gasteiger partial charge in [-0.2, -0.15) is 0 Å². The predicted molar refractivity (Wildman–Crippen MR) is 144 cm³/mol. The van der Waals surface area contributed by atoms with E-state index >= 15 is 0 Å². The molecular weight excluding hydrogens is 468 g/mol. The van der Waals surface area contributed by atoms with Crippen molar-refractivity contribution in [2.45, 2.75) is 0 Å². The molecule has 5 rings (SSSR count). The van der Waals surface area contributed by atoms with Gasteiger partial charge in [0.2, 0.25) is 5.76 Å². The molecule has 2 N–H and O–H groups in total. The van der Waals surface area contributed by atoms with Crippen molar-refractivity contribution in [1.29, 1.82) is 0 Å². The van der Waals surface area contributed by atoms with Crippen molar-refractivity contribution in [3.8, 4) is 22.6 Å². The monoisotopic (exact) mass is 492 g/mol. The van der Waals surface area contributed by atoms with Crippen LogP contribution in [0.2, 0.25) is 0 Å². The molecular formula is C30H24N2O5. The maximum absolute atomic E-state index is 13.2. The van der Waals surface area contributed by atoms with Gasteiger partial charge in [-0.05, 0) is 47.5 Å². The molecule has 0 saturated carbocycles. The van der Waals surface area contributed by atoms with Gasteiger partial charge in [-0.1, -0.05) is 54.6 Å². The average Bonchev–Trinajstić information content (AvgIpc) is 3.32. The Labute approximate surface area is 213 Å². The number of hydrogen-bond donors (Lipinski definition) is 2. The third kappa shape index (κ3) is 4.88. The van der Waals surface area contributed by atoms with Gasteiger partial charge in [0.1, 0.15) is 11.3 Å². The van der Waals surface area contributed by atoms with E-state index in [1.165, 1.54) is 14.2 Å². The smallest absolute Gasteiger partial charge is 0.293 e. The van der Waals surface area contributed by atoms with Gasteiger partial charge in [0.05, 0.1) is 14.2 Å². The molecule has 7 nitrogen and oxygen atoms in total. The molecule has 184 valence electrons. The van der Waals surface area contributed by atoms with Crippen LogP contribution in [0, 0.1) is 0 Å². The maximum Gasteiger partial charge on any atom is 0.293 e. The first-order valence-corrected chi connectivity index (χ1v) is 11.6. The van der Waals surface area contributed by atoms with E-state index in [0.29, 0.717) is 39.4 Å². The molecule has 0 spiro atoms. The number of carbonyl (C=O) groups is 2. The summed E-state index contributed by atoms with van der Waals surface area (Å²) in [7, 11) is 3.05. The lowest BCUT2D eigenvalue weighted by Crippen LogP contribution is -2.17. The largest absolute Gasteiger partial charge is 0.493 e. The van der Waals surface area contributed by atoms with Crippen LogP contribution >= 0.6 is 0 Å². The van der Waals surface area contributed by atoms with Crippen LogP contribution in [-0.2, 0) is 0 Å². The summed E-state index contributed by atoms with van der Waals surface area (Å²) in [5, 5.41) is 6.30. The van der Waals surface area contributed by atoms with Crippen molar-refractivity contribution in [3.63, 3.8) is 0 Å². The van der Waals surface area contributed by atoms with E-state index in [2.05, 4.69) is 10.6 Å². The van der Waals surface area contributed by atoms with Crippen molar-refractivity contribution < 1.29 is 23.5 Å². The van der Waals surface area contributed by atoms with E-state index in [1.54, 1.807) is 48.5 Å². The number of para-hydroxylation sites is 1. The number of amides is 2. The fourth-order valence-corrected chi connectivity index (χ4v) is 4.06. The summed E-state index contributed by atoms with van der Waals surface area (Å²) in [6, 6.07) is 29.4. The van der Waals surface area contributed by atoms with E-state index in [1.807, 2.05) is 48.5 Å². The molecule has 0 atom stereocenters. The van der Waals surface area contributed by atoms with E-state index in [-0.39, 0.29) is 11.7 Å². The predicted octanol–water partition coefficient (Wildman–Crippen LogP) is 6.62. The van der Waals surface area contributed by atoms with Crippen LogP contribution < -0.4 is 20.1 Å². The number of benzene rings is 4. The Bertz CT molecular complexity index is 1570.